The molecule has 2 heteroatoms. The van der Waals surface area contributed by atoms with E-state index >= 15 is 0 Å². The smallest absolute Gasteiger partial charge is 0.119 e. The van der Waals surface area contributed by atoms with E-state index in [4.69, 9.17) is 4.74 Å². The first-order chi connectivity index (χ1) is 10.3. The van der Waals surface area contributed by atoms with Crippen LogP contribution >= 0.6 is 0 Å². The molecule has 0 amide bonds. The molecule has 2 aromatic carbocycles. The molecule has 110 valence electrons. The van der Waals surface area contributed by atoms with Gasteiger partial charge in [-0.15, -0.1) is 0 Å². The van der Waals surface area contributed by atoms with E-state index in [0.717, 1.165) is 22.8 Å². The molecule has 21 heavy (non-hydrogen) atoms. The van der Waals surface area contributed by atoms with E-state index in [-0.39, 0.29) is 0 Å². The fraction of sp³-hybridized carbons (Fsp3) is 0.368. The Morgan fingerprint density at radius 3 is 2.52 bits per heavy atom. The largest absolute Gasteiger partial charge is 0.497 e. The highest BCUT2D eigenvalue weighted by atomic mass is 16.5. The van der Waals surface area contributed by atoms with Crippen molar-refractivity contribution in [2.24, 2.45) is 0 Å². The average Bonchev–Trinajstić information content (AvgIpc) is 2.46. The lowest BCUT2D eigenvalue weighted by molar-refractivity contribution is 0.178. The van der Waals surface area contributed by atoms with Gasteiger partial charge in [-0.1, -0.05) is 42.8 Å². The Morgan fingerprint density at radius 1 is 1.14 bits per heavy atom. The van der Waals surface area contributed by atoms with Crippen LogP contribution in [0.5, 0.6) is 5.75 Å². The second-order valence-electron chi connectivity index (χ2n) is 5.87. The van der Waals surface area contributed by atoms with Crippen molar-refractivity contribution >= 4 is 0 Å². The van der Waals surface area contributed by atoms with Crippen molar-refractivity contribution in [3.8, 4) is 5.75 Å². The highest BCUT2D eigenvalue weighted by Gasteiger charge is 2.19. The van der Waals surface area contributed by atoms with E-state index in [9.17, 15) is 5.11 Å². The summed E-state index contributed by atoms with van der Waals surface area (Å²) in [6.45, 7) is 0. The van der Waals surface area contributed by atoms with Crippen molar-refractivity contribution in [2.75, 3.05) is 7.11 Å². The number of aliphatic hydroxyl groups is 1. The number of benzene rings is 2. The molecule has 0 radical (unpaired) electrons. The lowest BCUT2D eigenvalue weighted by atomic mass is 9.80. The Morgan fingerprint density at radius 2 is 1.90 bits per heavy atom. The topological polar surface area (TPSA) is 29.5 Å². The van der Waals surface area contributed by atoms with Crippen LogP contribution in [-0.2, 0) is 6.42 Å². The number of aliphatic hydroxyl groups excluding tert-OH is 1. The molecule has 0 bridgehead atoms. The molecule has 0 aliphatic heterocycles. The highest BCUT2D eigenvalue weighted by molar-refractivity contribution is 5.32. The van der Waals surface area contributed by atoms with Gasteiger partial charge in [0.2, 0.25) is 0 Å². The third-order valence-corrected chi connectivity index (χ3v) is 4.46. The Bertz CT molecular complexity index is 585. The quantitative estimate of drug-likeness (QED) is 0.889. The number of rotatable bonds is 5. The molecule has 0 saturated heterocycles. The lowest BCUT2D eigenvalue weighted by Crippen LogP contribution is -2.09. The Hall–Kier alpha value is -1.80. The first kappa shape index (κ1) is 14.2. The van der Waals surface area contributed by atoms with Gasteiger partial charge in [-0.05, 0) is 47.6 Å². The van der Waals surface area contributed by atoms with Gasteiger partial charge in [0.1, 0.15) is 5.75 Å². The first-order valence-electron chi connectivity index (χ1n) is 7.67. The summed E-state index contributed by atoms with van der Waals surface area (Å²) >= 11 is 0. The fourth-order valence-electron chi connectivity index (χ4n) is 2.87. The summed E-state index contributed by atoms with van der Waals surface area (Å²) in [7, 11) is 1.66. The molecule has 0 spiro atoms. The van der Waals surface area contributed by atoms with Gasteiger partial charge in [-0.3, -0.25) is 0 Å². The zero-order chi connectivity index (χ0) is 14.7. The molecule has 1 atom stereocenters. The molecule has 1 saturated carbocycles. The van der Waals surface area contributed by atoms with E-state index < -0.39 is 6.10 Å². The van der Waals surface area contributed by atoms with Crippen molar-refractivity contribution in [1.82, 2.24) is 0 Å². The summed E-state index contributed by atoms with van der Waals surface area (Å²) in [4.78, 5) is 0. The van der Waals surface area contributed by atoms with Gasteiger partial charge < -0.3 is 9.84 Å². The zero-order valence-electron chi connectivity index (χ0n) is 12.5. The SMILES string of the molecule is COc1cccc(CC(O)c2ccc(C3CCC3)cc2)c1. The van der Waals surface area contributed by atoms with Crippen LogP contribution in [0.3, 0.4) is 0 Å². The molecular weight excluding hydrogens is 260 g/mol. The van der Waals surface area contributed by atoms with Crippen molar-refractivity contribution in [1.29, 1.82) is 0 Å². The van der Waals surface area contributed by atoms with Crippen molar-refractivity contribution < 1.29 is 9.84 Å². The summed E-state index contributed by atoms with van der Waals surface area (Å²) in [6.07, 6.45) is 4.12. The van der Waals surface area contributed by atoms with Gasteiger partial charge in [-0.25, -0.2) is 0 Å². The van der Waals surface area contributed by atoms with Gasteiger partial charge in [0.05, 0.1) is 13.2 Å². The third kappa shape index (κ3) is 3.27. The maximum atomic E-state index is 10.4. The molecule has 0 heterocycles. The molecule has 3 rings (SSSR count). The maximum Gasteiger partial charge on any atom is 0.119 e. The Kier molecular flexibility index (Phi) is 4.26. The van der Waals surface area contributed by atoms with Gasteiger partial charge in [-0.2, -0.15) is 0 Å². The van der Waals surface area contributed by atoms with Gasteiger partial charge in [0.25, 0.3) is 0 Å². The van der Waals surface area contributed by atoms with Crippen molar-refractivity contribution in [3.05, 3.63) is 65.2 Å². The predicted molar refractivity (Wildman–Crippen MR) is 84.7 cm³/mol. The van der Waals surface area contributed by atoms with E-state index in [1.54, 1.807) is 7.11 Å². The second kappa shape index (κ2) is 6.31. The monoisotopic (exact) mass is 282 g/mol. The second-order valence-corrected chi connectivity index (χ2v) is 5.87. The normalized spacial score (nSPS) is 16.3. The molecule has 1 unspecified atom stereocenters. The molecule has 1 aliphatic carbocycles. The third-order valence-electron chi connectivity index (χ3n) is 4.46. The van der Waals surface area contributed by atoms with Crippen molar-refractivity contribution in [3.63, 3.8) is 0 Å². The molecule has 1 aliphatic rings. The number of hydrogen-bond donors (Lipinski definition) is 1. The van der Waals surface area contributed by atoms with Crippen LogP contribution in [0.4, 0.5) is 0 Å². The standard InChI is InChI=1S/C19H22O2/c1-21-18-7-2-4-14(12-18)13-19(20)17-10-8-16(9-11-17)15-5-3-6-15/h2,4,7-12,15,19-20H,3,5-6,13H2,1H3. The summed E-state index contributed by atoms with van der Waals surface area (Å²) in [5.74, 6) is 1.58. The average molecular weight is 282 g/mol. The van der Waals surface area contributed by atoms with Crippen LogP contribution in [0.15, 0.2) is 48.5 Å². The maximum absolute atomic E-state index is 10.4. The number of ether oxygens (including phenoxy) is 1. The van der Waals surface area contributed by atoms with Crippen LogP contribution in [0.2, 0.25) is 0 Å². The molecule has 2 nitrogen and oxygen atoms in total. The Balaban J connectivity index is 1.67. The Labute approximate surface area is 126 Å². The van der Waals surface area contributed by atoms with Crippen molar-refractivity contribution in [2.45, 2.75) is 37.7 Å². The predicted octanol–water partition coefficient (Wildman–Crippen LogP) is 4.24. The minimum atomic E-state index is -0.465. The minimum absolute atomic E-state index is 0.465. The van der Waals surface area contributed by atoms with E-state index in [1.165, 1.54) is 24.8 Å². The summed E-state index contributed by atoms with van der Waals surface area (Å²) in [5, 5.41) is 10.4. The number of hydrogen-bond acceptors (Lipinski definition) is 2. The van der Waals surface area contributed by atoms with Crippen LogP contribution in [0.1, 0.15) is 48.0 Å². The molecule has 1 N–H and O–H groups in total. The van der Waals surface area contributed by atoms with Crippen LogP contribution in [0, 0.1) is 0 Å². The molecule has 0 aromatic heterocycles. The van der Waals surface area contributed by atoms with Gasteiger partial charge in [0.15, 0.2) is 0 Å². The van der Waals surface area contributed by atoms with Crippen LogP contribution in [0.25, 0.3) is 0 Å². The van der Waals surface area contributed by atoms with Crippen LogP contribution in [-0.4, -0.2) is 12.2 Å². The van der Waals surface area contributed by atoms with Gasteiger partial charge >= 0.3 is 0 Å². The van der Waals surface area contributed by atoms with Crippen LogP contribution < -0.4 is 4.74 Å². The molecule has 1 fully saturated rings. The summed E-state index contributed by atoms with van der Waals surface area (Å²) < 4.78 is 5.22. The summed E-state index contributed by atoms with van der Waals surface area (Å²) in [5.41, 5.74) is 3.49. The van der Waals surface area contributed by atoms with E-state index in [1.807, 2.05) is 24.3 Å². The van der Waals surface area contributed by atoms with E-state index in [0.29, 0.717) is 6.42 Å². The zero-order valence-corrected chi connectivity index (χ0v) is 12.5. The first-order valence-corrected chi connectivity index (χ1v) is 7.67. The highest BCUT2D eigenvalue weighted by Crippen LogP contribution is 2.36. The van der Waals surface area contributed by atoms with Gasteiger partial charge in [0, 0.05) is 6.42 Å². The molecule has 2 aromatic rings. The van der Waals surface area contributed by atoms with E-state index in [2.05, 4.69) is 24.3 Å². The molecular formula is C19H22O2. The lowest BCUT2D eigenvalue weighted by Gasteiger charge is -2.26. The number of methoxy groups -OCH3 is 1. The minimum Gasteiger partial charge on any atom is -0.497 e. The fourth-order valence-corrected chi connectivity index (χ4v) is 2.87. The summed E-state index contributed by atoms with van der Waals surface area (Å²) in [6, 6.07) is 16.4.